The molecule has 0 spiro atoms. The smallest absolute Gasteiger partial charge is 0.341 e. The van der Waals surface area contributed by atoms with Gasteiger partial charge in [-0.1, -0.05) is 0 Å². The predicted octanol–water partition coefficient (Wildman–Crippen LogP) is -2.09. The number of carboxylic acids is 7. The van der Waals surface area contributed by atoms with E-state index in [1.165, 1.54) is 30.0 Å². The van der Waals surface area contributed by atoms with Crippen LogP contribution < -0.4 is 15.4 Å². The first-order chi connectivity index (χ1) is 22.9. The summed E-state index contributed by atoms with van der Waals surface area (Å²) in [6.45, 7) is -4.00. The highest BCUT2D eigenvalue weighted by Gasteiger charge is 2.32. The Balaban J connectivity index is 3.48. The van der Waals surface area contributed by atoms with Gasteiger partial charge in [0.15, 0.2) is 6.61 Å². The number of anilines is 1. The van der Waals surface area contributed by atoms with E-state index in [0.29, 0.717) is 0 Å². The molecule has 1 aromatic rings. The van der Waals surface area contributed by atoms with E-state index in [1.54, 1.807) is 0 Å². The van der Waals surface area contributed by atoms with Gasteiger partial charge in [0.25, 0.3) is 0 Å². The summed E-state index contributed by atoms with van der Waals surface area (Å²) in [5.41, 5.74) is -0.0538. The summed E-state index contributed by atoms with van der Waals surface area (Å²) in [6.07, 6.45) is -0.269. The molecular formula is C28H39N5O16. The van der Waals surface area contributed by atoms with Gasteiger partial charge >= 0.3 is 41.8 Å². The van der Waals surface area contributed by atoms with Crippen molar-refractivity contribution in [3.8, 4) is 5.75 Å². The van der Waals surface area contributed by atoms with Crippen LogP contribution in [0.4, 0.5) is 5.69 Å². The molecule has 49 heavy (non-hydrogen) atoms. The summed E-state index contributed by atoms with van der Waals surface area (Å²) >= 11 is 0. The highest BCUT2D eigenvalue weighted by atomic mass is 16.5. The maximum Gasteiger partial charge on any atom is 0.341 e. The minimum Gasteiger partial charge on any atom is -0.482 e. The third kappa shape index (κ3) is 16.8. The number of carboxylic acid groups (broad SMARTS) is 7. The van der Waals surface area contributed by atoms with Crippen molar-refractivity contribution in [3.63, 3.8) is 0 Å². The second-order valence-corrected chi connectivity index (χ2v) is 10.5. The number of aliphatic carboxylic acids is 7. The normalized spacial score (nSPS) is 12.3. The van der Waals surface area contributed by atoms with Crippen LogP contribution in [0, 0.1) is 0 Å². The van der Waals surface area contributed by atoms with Gasteiger partial charge in [-0.3, -0.25) is 48.3 Å². The van der Waals surface area contributed by atoms with Gasteiger partial charge in [0.1, 0.15) is 17.8 Å². The first-order valence-electron chi connectivity index (χ1n) is 14.4. The molecule has 0 saturated carbocycles. The Kier molecular flexibility index (Phi) is 17.7. The Bertz CT molecular complexity index is 1340. The number of hydrogen-bond donors (Lipinski definition) is 9. The van der Waals surface area contributed by atoms with Crippen LogP contribution in [-0.2, 0) is 38.4 Å². The molecule has 272 valence electrons. The van der Waals surface area contributed by atoms with Crippen molar-refractivity contribution in [2.45, 2.75) is 25.4 Å². The Morgan fingerprint density at radius 3 is 1.67 bits per heavy atom. The lowest BCUT2D eigenvalue weighted by Gasteiger charge is -2.32. The lowest BCUT2D eigenvalue weighted by molar-refractivity contribution is -0.146. The number of rotatable bonds is 26. The van der Waals surface area contributed by atoms with E-state index in [1.807, 2.05) is 0 Å². The van der Waals surface area contributed by atoms with Crippen LogP contribution in [0.25, 0.3) is 0 Å². The number of benzene rings is 1. The van der Waals surface area contributed by atoms with Gasteiger partial charge < -0.3 is 51.1 Å². The summed E-state index contributed by atoms with van der Waals surface area (Å²) in [7, 11) is 0. The van der Waals surface area contributed by atoms with Crippen molar-refractivity contribution in [2.75, 3.05) is 70.8 Å². The third-order valence-corrected chi connectivity index (χ3v) is 6.54. The number of carbonyl (C=O) groups excluding carboxylic acids is 1. The van der Waals surface area contributed by atoms with E-state index >= 15 is 0 Å². The van der Waals surface area contributed by atoms with Crippen molar-refractivity contribution in [1.29, 1.82) is 0 Å². The Hall–Kier alpha value is -5.38. The summed E-state index contributed by atoms with van der Waals surface area (Å²) in [4.78, 5) is 95.9. The quantitative estimate of drug-likeness (QED) is 0.0500. The maximum absolute atomic E-state index is 12.8. The van der Waals surface area contributed by atoms with Crippen LogP contribution in [0.3, 0.4) is 0 Å². The van der Waals surface area contributed by atoms with Crippen molar-refractivity contribution in [1.82, 2.24) is 20.0 Å². The van der Waals surface area contributed by atoms with Gasteiger partial charge in [-0.2, -0.15) is 0 Å². The second kappa shape index (κ2) is 20.8. The molecule has 0 saturated heterocycles. The highest BCUT2D eigenvalue weighted by Crippen LogP contribution is 2.33. The number of nitrogens with one attached hydrogen (secondary N) is 2. The molecule has 1 rings (SSSR count). The first kappa shape index (κ1) is 41.6. The fourth-order valence-electron chi connectivity index (χ4n) is 4.64. The number of hydrogen-bond acceptors (Lipinski definition) is 13. The predicted molar refractivity (Wildman–Crippen MR) is 163 cm³/mol. The molecule has 0 aliphatic carbocycles. The van der Waals surface area contributed by atoms with Gasteiger partial charge in [0, 0.05) is 50.9 Å². The van der Waals surface area contributed by atoms with Crippen LogP contribution in [-0.4, -0.2) is 170 Å². The number of nitrogens with zero attached hydrogens (tertiary/aromatic N) is 3. The number of ether oxygens (including phenoxy) is 1. The van der Waals surface area contributed by atoms with Crippen molar-refractivity contribution in [3.05, 3.63) is 23.8 Å². The second-order valence-electron chi connectivity index (χ2n) is 10.5. The molecular weight excluding hydrogens is 662 g/mol. The van der Waals surface area contributed by atoms with Gasteiger partial charge in [0.2, 0.25) is 5.91 Å². The molecule has 0 radical (unpaired) electrons. The summed E-state index contributed by atoms with van der Waals surface area (Å²) in [5.74, 6) is -10.5. The molecule has 2 unspecified atom stereocenters. The fourth-order valence-corrected chi connectivity index (χ4v) is 4.64. The highest BCUT2D eigenvalue weighted by molar-refractivity contribution is 5.89. The zero-order valence-corrected chi connectivity index (χ0v) is 26.3. The Morgan fingerprint density at radius 1 is 0.694 bits per heavy atom. The lowest BCUT2D eigenvalue weighted by Crippen LogP contribution is -2.47. The van der Waals surface area contributed by atoms with E-state index in [9.17, 15) is 58.8 Å². The average molecular weight is 702 g/mol. The molecule has 0 bridgehead atoms. The molecule has 1 amide bonds. The van der Waals surface area contributed by atoms with E-state index in [4.69, 9.17) is 20.1 Å². The summed E-state index contributed by atoms with van der Waals surface area (Å²) in [5, 5.41) is 71.0. The minimum atomic E-state index is -1.71. The zero-order chi connectivity index (χ0) is 37.3. The first-order valence-corrected chi connectivity index (χ1v) is 14.4. The molecule has 9 N–H and O–H groups in total. The number of carbonyl (C=O) groups is 8. The van der Waals surface area contributed by atoms with Crippen LogP contribution in [0.2, 0.25) is 0 Å². The van der Waals surface area contributed by atoms with E-state index in [2.05, 4.69) is 10.6 Å². The van der Waals surface area contributed by atoms with E-state index < -0.39 is 92.6 Å². The topological polar surface area (TPSA) is 321 Å². The molecule has 21 nitrogen and oxygen atoms in total. The molecule has 0 aliphatic heterocycles. The van der Waals surface area contributed by atoms with Crippen LogP contribution in [0.1, 0.15) is 24.9 Å². The van der Waals surface area contributed by atoms with Gasteiger partial charge in [0.05, 0.1) is 26.2 Å². The molecule has 0 heterocycles. The van der Waals surface area contributed by atoms with Gasteiger partial charge in [-0.25, -0.2) is 4.79 Å². The largest absolute Gasteiger partial charge is 0.482 e. The zero-order valence-electron chi connectivity index (χ0n) is 26.3. The van der Waals surface area contributed by atoms with Crippen molar-refractivity contribution in [2.24, 2.45) is 0 Å². The maximum atomic E-state index is 12.8. The van der Waals surface area contributed by atoms with E-state index in [-0.39, 0.29) is 56.1 Å². The molecule has 0 aromatic heterocycles. The van der Waals surface area contributed by atoms with Crippen LogP contribution in [0.15, 0.2) is 18.2 Å². The standard InChI is InChI=1S/C28H39N5O16/c1-16(34)30-17-2-3-20(49-15-25(43)44)18(10-17)26(28(47)48)33(9-8-32(13-23(39)40)14-24(41)42)7-5-29-19(27(45)46)4-6-31(11-21(35)36)12-22(37)38/h2-3,10,19,26,29H,4-9,11-15H2,1H3,(H,30,34)(H,35,36)(H,37,38)(H,39,40)(H,41,42)(H,43,44)(H,45,46)(H,47,48). The summed E-state index contributed by atoms with van der Waals surface area (Å²) in [6, 6.07) is 0.675. The Labute approximate surface area is 278 Å². The van der Waals surface area contributed by atoms with Crippen molar-refractivity contribution >= 4 is 53.4 Å². The van der Waals surface area contributed by atoms with Gasteiger partial charge in [-0.05, 0) is 24.6 Å². The monoisotopic (exact) mass is 701 g/mol. The van der Waals surface area contributed by atoms with E-state index in [0.717, 1.165) is 9.80 Å². The average Bonchev–Trinajstić information content (AvgIpc) is 2.94. The molecule has 0 fully saturated rings. The molecule has 0 aliphatic rings. The number of amides is 1. The fraction of sp³-hybridized carbons (Fsp3) is 0.500. The van der Waals surface area contributed by atoms with Crippen LogP contribution >= 0.6 is 0 Å². The third-order valence-electron chi connectivity index (χ3n) is 6.54. The Morgan fingerprint density at radius 2 is 1.22 bits per heavy atom. The van der Waals surface area contributed by atoms with Crippen molar-refractivity contribution < 1.29 is 78.8 Å². The molecule has 1 aromatic carbocycles. The van der Waals surface area contributed by atoms with Crippen LogP contribution in [0.5, 0.6) is 5.75 Å². The SMILES string of the molecule is CC(=O)Nc1ccc(OCC(=O)O)c(C(C(=O)O)N(CCNC(CCN(CC(=O)O)CC(=O)O)C(=O)O)CCN(CC(=O)O)CC(=O)O)c1. The van der Waals surface area contributed by atoms with Gasteiger partial charge in [-0.15, -0.1) is 0 Å². The molecule has 21 heteroatoms. The molecule has 2 atom stereocenters. The lowest BCUT2D eigenvalue weighted by atomic mass is 10.0. The minimum absolute atomic E-state index is 0.103. The summed E-state index contributed by atoms with van der Waals surface area (Å²) < 4.78 is 5.30.